The third kappa shape index (κ3) is 3.87. The number of nitrogens with zero attached hydrogens (tertiary/aromatic N) is 4. The Morgan fingerprint density at radius 3 is 2.66 bits per heavy atom. The number of anilines is 2. The highest BCUT2D eigenvalue weighted by Gasteiger charge is 2.21. The largest absolute Gasteiger partial charge is 0.369 e. The summed E-state index contributed by atoms with van der Waals surface area (Å²) in [5.41, 5.74) is 5.26. The summed E-state index contributed by atoms with van der Waals surface area (Å²) in [4.78, 5) is 23.6. The van der Waals surface area contributed by atoms with Crippen LogP contribution in [0.2, 0.25) is 0 Å². The van der Waals surface area contributed by atoms with Gasteiger partial charge in [0.05, 0.1) is 27.2 Å². The topological polar surface area (TPSA) is 74.5 Å². The van der Waals surface area contributed by atoms with E-state index in [1.54, 1.807) is 11.3 Å². The van der Waals surface area contributed by atoms with Gasteiger partial charge < -0.3 is 19.6 Å². The molecule has 3 aromatic heterocycles. The van der Waals surface area contributed by atoms with E-state index in [2.05, 4.69) is 44.4 Å². The SMILES string of the molecule is Cc1cc(N2CCN(C)CC2)ccc1NC(=O)c1cc(-c2cccs2)nc2onc(C)c12. The Kier molecular flexibility index (Phi) is 5.40. The van der Waals surface area contributed by atoms with Crippen LogP contribution in [0.15, 0.2) is 46.3 Å². The molecule has 1 saturated heterocycles. The molecule has 8 heteroatoms. The van der Waals surface area contributed by atoms with E-state index in [0.717, 1.165) is 42.3 Å². The average Bonchev–Trinajstić information content (AvgIpc) is 3.45. The lowest BCUT2D eigenvalue weighted by Crippen LogP contribution is -2.44. The summed E-state index contributed by atoms with van der Waals surface area (Å²) < 4.78 is 5.40. The first kappa shape index (κ1) is 20.7. The highest BCUT2D eigenvalue weighted by atomic mass is 32.1. The van der Waals surface area contributed by atoms with Crippen molar-refractivity contribution in [2.24, 2.45) is 0 Å². The van der Waals surface area contributed by atoms with E-state index >= 15 is 0 Å². The first-order chi connectivity index (χ1) is 15.5. The number of nitrogens with one attached hydrogen (secondary N) is 1. The molecule has 0 radical (unpaired) electrons. The van der Waals surface area contributed by atoms with E-state index < -0.39 is 0 Å². The van der Waals surface area contributed by atoms with Crippen molar-refractivity contribution in [2.75, 3.05) is 43.4 Å². The van der Waals surface area contributed by atoms with Crippen LogP contribution in [0.4, 0.5) is 11.4 Å². The fraction of sp³-hybridized carbons (Fsp3) is 0.292. The van der Waals surface area contributed by atoms with Crippen LogP contribution in [-0.4, -0.2) is 54.2 Å². The first-order valence-electron chi connectivity index (χ1n) is 10.7. The van der Waals surface area contributed by atoms with Gasteiger partial charge in [0.15, 0.2) is 0 Å². The second-order valence-electron chi connectivity index (χ2n) is 8.22. The van der Waals surface area contributed by atoms with E-state index in [-0.39, 0.29) is 5.91 Å². The number of rotatable bonds is 4. The smallest absolute Gasteiger partial charge is 0.259 e. The van der Waals surface area contributed by atoms with Gasteiger partial charge in [0.25, 0.3) is 11.6 Å². The Bertz CT molecular complexity index is 1270. The molecule has 1 N–H and O–H groups in total. The van der Waals surface area contributed by atoms with Gasteiger partial charge in [0, 0.05) is 37.6 Å². The number of pyridine rings is 1. The monoisotopic (exact) mass is 447 g/mol. The first-order valence-corrected chi connectivity index (χ1v) is 11.5. The second-order valence-corrected chi connectivity index (χ2v) is 9.17. The number of piperazine rings is 1. The van der Waals surface area contributed by atoms with Crippen molar-refractivity contribution in [1.82, 2.24) is 15.0 Å². The summed E-state index contributed by atoms with van der Waals surface area (Å²) in [6.07, 6.45) is 0. The predicted octanol–water partition coefficient (Wildman–Crippen LogP) is 4.57. The number of carbonyl (C=O) groups excluding carboxylic acids is 1. The van der Waals surface area contributed by atoms with Crippen molar-refractivity contribution in [3.05, 3.63) is 58.6 Å². The summed E-state index contributed by atoms with van der Waals surface area (Å²) in [7, 11) is 2.15. The zero-order valence-electron chi connectivity index (χ0n) is 18.4. The minimum atomic E-state index is -0.197. The van der Waals surface area contributed by atoms with E-state index in [4.69, 9.17) is 4.52 Å². The molecule has 32 heavy (non-hydrogen) atoms. The molecule has 7 nitrogen and oxygen atoms in total. The van der Waals surface area contributed by atoms with Crippen molar-refractivity contribution in [3.63, 3.8) is 0 Å². The summed E-state index contributed by atoms with van der Waals surface area (Å²) in [6, 6.07) is 12.0. The molecule has 5 rings (SSSR count). The fourth-order valence-electron chi connectivity index (χ4n) is 4.06. The zero-order valence-corrected chi connectivity index (χ0v) is 19.2. The molecule has 0 atom stereocenters. The highest BCUT2D eigenvalue weighted by molar-refractivity contribution is 7.13. The molecule has 1 amide bonds. The van der Waals surface area contributed by atoms with Gasteiger partial charge in [-0.15, -0.1) is 11.3 Å². The van der Waals surface area contributed by atoms with Crippen molar-refractivity contribution < 1.29 is 9.32 Å². The number of aryl methyl sites for hydroxylation is 2. The van der Waals surface area contributed by atoms with Crippen LogP contribution in [0, 0.1) is 13.8 Å². The number of hydrogen-bond acceptors (Lipinski definition) is 7. The second kappa shape index (κ2) is 8.37. The fourth-order valence-corrected chi connectivity index (χ4v) is 4.75. The number of thiophene rings is 1. The molecule has 4 aromatic rings. The van der Waals surface area contributed by atoms with Crippen molar-refractivity contribution >= 4 is 39.7 Å². The number of hydrogen-bond donors (Lipinski definition) is 1. The lowest BCUT2D eigenvalue weighted by atomic mass is 10.1. The lowest BCUT2D eigenvalue weighted by Gasteiger charge is -2.34. The van der Waals surface area contributed by atoms with Gasteiger partial charge in [-0.25, -0.2) is 4.98 Å². The minimum Gasteiger partial charge on any atom is -0.369 e. The molecule has 0 unspecified atom stereocenters. The normalized spacial score (nSPS) is 14.8. The third-order valence-corrected chi connectivity index (χ3v) is 6.85. The maximum absolute atomic E-state index is 13.4. The Morgan fingerprint density at radius 1 is 1.12 bits per heavy atom. The van der Waals surface area contributed by atoms with Crippen LogP contribution in [0.3, 0.4) is 0 Å². The number of aromatic nitrogens is 2. The standard InChI is InChI=1S/C24H25N5O2S/c1-15-13-17(29-10-8-28(3)9-11-29)6-7-19(15)25-23(30)18-14-20(21-5-4-12-32-21)26-24-22(18)16(2)27-31-24/h4-7,12-14H,8-11H2,1-3H3,(H,25,30). The minimum absolute atomic E-state index is 0.197. The molecule has 1 aliphatic heterocycles. The van der Waals surface area contributed by atoms with Gasteiger partial charge in [-0.3, -0.25) is 4.79 Å². The number of benzene rings is 1. The molecule has 0 bridgehead atoms. The molecule has 1 fully saturated rings. The summed E-state index contributed by atoms with van der Waals surface area (Å²) in [6.45, 7) is 7.98. The van der Waals surface area contributed by atoms with Crippen molar-refractivity contribution in [2.45, 2.75) is 13.8 Å². The van der Waals surface area contributed by atoms with Gasteiger partial charge in [0.2, 0.25) is 0 Å². The molecule has 1 aromatic carbocycles. The number of fused-ring (bicyclic) bond motifs is 1. The molecule has 0 saturated carbocycles. The molecule has 0 aliphatic carbocycles. The summed E-state index contributed by atoms with van der Waals surface area (Å²) >= 11 is 1.57. The third-order valence-electron chi connectivity index (χ3n) is 5.96. The van der Waals surface area contributed by atoms with Crippen LogP contribution in [0.1, 0.15) is 21.6 Å². The maximum atomic E-state index is 13.4. The van der Waals surface area contributed by atoms with Crippen molar-refractivity contribution in [3.8, 4) is 10.6 Å². The van der Waals surface area contributed by atoms with Gasteiger partial charge >= 0.3 is 0 Å². The zero-order chi connectivity index (χ0) is 22.2. The lowest BCUT2D eigenvalue weighted by molar-refractivity contribution is 0.102. The molecular formula is C24H25N5O2S. The van der Waals surface area contributed by atoms with Crippen LogP contribution in [0.5, 0.6) is 0 Å². The highest BCUT2D eigenvalue weighted by Crippen LogP contribution is 2.30. The Labute approximate surface area is 190 Å². The van der Waals surface area contributed by atoms with Gasteiger partial charge in [-0.05, 0) is 62.2 Å². The van der Waals surface area contributed by atoms with E-state index in [0.29, 0.717) is 28.1 Å². The van der Waals surface area contributed by atoms with Gasteiger partial charge in [-0.1, -0.05) is 11.2 Å². The van der Waals surface area contributed by atoms with Crippen molar-refractivity contribution in [1.29, 1.82) is 0 Å². The predicted molar refractivity (Wildman–Crippen MR) is 129 cm³/mol. The van der Waals surface area contributed by atoms with Crippen LogP contribution in [0.25, 0.3) is 21.7 Å². The molecule has 1 aliphatic rings. The number of amides is 1. The molecule has 164 valence electrons. The summed E-state index contributed by atoms with van der Waals surface area (Å²) in [5.74, 6) is -0.197. The quantitative estimate of drug-likeness (QED) is 0.494. The molecular weight excluding hydrogens is 422 g/mol. The Balaban J connectivity index is 1.44. The molecule has 4 heterocycles. The average molecular weight is 448 g/mol. The van der Waals surface area contributed by atoms with Gasteiger partial charge in [-0.2, -0.15) is 0 Å². The Hall–Kier alpha value is -3.23. The Morgan fingerprint density at radius 2 is 1.94 bits per heavy atom. The van der Waals surface area contributed by atoms with Crippen LogP contribution in [-0.2, 0) is 0 Å². The van der Waals surface area contributed by atoms with Crippen LogP contribution < -0.4 is 10.2 Å². The van der Waals surface area contributed by atoms with Gasteiger partial charge in [0.1, 0.15) is 0 Å². The van der Waals surface area contributed by atoms with Crippen LogP contribution >= 0.6 is 11.3 Å². The number of carbonyl (C=O) groups is 1. The van der Waals surface area contributed by atoms with E-state index in [9.17, 15) is 4.79 Å². The molecule has 0 spiro atoms. The maximum Gasteiger partial charge on any atom is 0.259 e. The summed E-state index contributed by atoms with van der Waals surface area (Å²) in [5, 5.41) is 9.75. The van der Waals surface area contributed by atoms with E-state index in [1.165, 1.54) is 5.69 Å². The van der Waals surface area contributed by atoms with E-state index in [1.807, 2.05) is 43.5 Å². The number of likely N-dealkylation sites (N-methyl/N-ethyl adjacent to an activating group) is 1.